The SMILES string of the molecule is COc1c([C@@H]2[C@@H](C(=O)Nc3ccnc(Br)c3)O[C@](C)(C(F)(F)F)[C@@H]2C)ccc(F)c1F. The van der Waals surface area contributed by atoms with Crippen LogP contribution in [0, 0.1) is 17.6 Å². The van der Waals surface area contributed by atoms with Crippen LogP contribution in [0.5, 0.6) is 5.75 Å². The second-order valence-corrected chi connectivity index (χ2v) is 8.11. The van der Waals surface area contributed by atoms with Crippen LogP contribution in [-0.2, 0) is 9.53 Å². The second kappa shape index (κ2) is 8.34. The number of methoxy groups -OCH3 is 1. The average molecular weight is 509 g/mol. The lowest BCUT2D eigenvalue weighted by atomic mass is 9.77. The van der Waals surface area contributed by atoms with Crippen LogP contribution in [0.4, 0.5) is 27.6 Å². The van der Waals surface area contributed by atoms with Gasteiger partial charge in [0.15, 0.2) is 17.2 Å². The molecule has 0 saturated carbocycles. The van der Waals surface area contributed by atoms with Gasteiger partial charge in [-0.2, -0.15) is 17.6 Å². The lowest BCUT2D eigenvalue weighted by molar-refractivity contribution is -0.272. The van der Waals surface area contributed by atoms with Gasteiger partial charge in [0.25, 0.3) is 5.91 Å². The Balaban J connectivity index is 2.09. The molecule has 1 N–H and O–H groups in total. The first kappa shape index (κ1) is 23.4. The van der Waals surface area contributed by atoms with Crippen molar-refractivity contribution in [3.05, 3.63) is 52.3 Å². The maximum atomic E-state index is 14.3. The summed E-state index contributed by atoms with van der Waals surface area (Å²) >= 11 is 3.14. The van der Waals surface area contributed by atoms with E-state index in [9.17, 15) is 26.7 Å². The largest absolute Gasteiger partial charge is 0.493 e. The van der Waals surface area contributed by atoms with E-state index < -0.39 is 53.0 Å². The van der Waals surface area contributed by atoms with Gasteiger partial charge in [-0.25, -0.2) is 9.37 Å². The normalized spacial score (nSPS) is 26.0. The third kappa shape index (κ3) is 4.12. The number of aromatic nitrogens is 1. The van der Waals surface area contributed by atoms with E-state index in [-0.39, 0.29) is 11.3 Å². The van der Waals surface area contributed by atoms with Gasteiger partial charge in [0.05, 0.1) is 7.11 Å². The molecule has 0 unspecified atom stereocenters. The summed E-state index contributed by atoms with van der Waals surface area (Å²) in [6, 6.07) is 4.77. The Labute approximate surface area is 183 Å². The van der Waals surface area contributed by atoms with Crippen molar-refractivity contribution in [3.63, 3.8) is 0 Å². The van der Waals surface area contributed by atoms with Crippen molar-refractivity contribution in [3.8, 4) is 5.75 Å². The number of benzene rings is 1. The number of nitrogens with zero attached hydrogens (tertiary/aromatic N) is 1. The summed E-state index contributed by atoms with van der Waals surface area (Å²) in [6.45, 7) is 2.07. The van der Waals surface area contributed by atoms with Gasteiger partial charge in [-0.05, 0) is 41.1 Å². The van der Waals surface area contributed by atoms with Gasteiger partial charge in [0, 0.05) is 29.3 Å². The average Bonchev–Trinajstić information content (AvgIpc) is 2.96. The Bertz CT molecular complexity index is 1000. The van der Waals surface area contributed by atoms with Crippen LogP contribution in [0.1, 0.15) is 25.3 Å². The Morgan fingerprint density at radius 2 is 1.97 bits per heavy atom. The van der Waals surface area contributed by atoms with Crippen LogP contribution in [-0.4, -0.2) is 35.9 Å². The number of carbonyl (C=O) groups excluding carboxylic acids is 1. The van der Waals surface area contributed by atoms with E-state index in [4.69, 9.17) is 9.47 Å². The molecule has 1 amide bonds. The van der Waals surface area contributed by atoms with Crippen LogP contribution in [0.25, 0.3) is 0 Å². The van der Waals surface area contributed by atoms with Gasteiger partial charge in [0.1, 0.15) is 10.7 Å². The van der Waals surface area contributed by atoms with Crippen molar-refractivity contribution in [2.24, 2.45) is 5.92 Å². The minimum atomic E-state index is -4.83. The molecular formula is C20H18BrF5N2O3. The lowest BCUT2D eigenvalue weighted by Crippen LogP contribution is -2.47. The van der Waals surface area contributed by atoms with Crippen molar-refractivity contribution in [2.75, 3.05) is 12.4 Å². The molecule has 1 aromatic heterocycles. The van der Waals surface area contributed by atoms with E-state index in [0.717, 1.165) is 26.2 Å². The highest BCUT2D eigenvalue weighted by Gasteiger charge is 2.65. The molecule has 168 valence electrons. The quantitative estimate of drug-likeness (QED) is 0.455. The molecule has 1 fully saturated rings. The molecule has 0 radical (unpaired) electrons. The van der Waals surface area contributed by atoms with E-state index in [0.29, 0.717) is 4.60 Å². The molecule has 1 aliphatic heterocycles. The Kier molecular flexibility index (Phi) is 6.30. The number of halogens is 6. The molecule has 2 aromatic rings. The molecule has 1 saturated heterocycles. The van der Waals surface area contributed by atoms with Crippen LogP contribution in [0.15, 0.2) is 35.1 Å². The van der Waals surface area contributed by atoms with E-state index in [2.05, 4.69) is 26.2 Å². The fourth-order valence-corrected chi connectivity index (χ4v) is 4.10. The molecule has 31 heavy (non-hydrogen) atoms. The van der Waals surface area contributed by atoms with E-state index in [1.807, 2.05) is 0 Å². The number of ether oxygens (including phenoxy) is 2. The molecule has 5 nitrogen and oxygen atoms in total. The Morgan fingerprint density at radius 3 is 2.55 bits per heavy atom. The summed E-state index contributed by atoms with van der Waals surface area (Å²) < 4.78 is 80.3. The maximum absolute atomic E-state index is 14.3. The molecule has 1 aromatic carbocycles. The van der Waals surface area contributed by atoms with Crippen molar-refractivity contribution >= 4 is 27.5 Å². The molecule has 1 aliphatic rings. The van der Waals surface area contributed by atoms with Crippen LogP contribution in [0.2, 0.25) is 0 Å². The summed E-state index contributed by atoms with van der Waals surface area (Å²) in [5.74, 6) is -6.64. The highest BCUT2D eigenvalue weighted by Crippen LogP contribution is 2.55. The molecule has 4 atom stereocenters. The summed E-state index contributed by atoms with van der Waals surface area (Å²) in [7, 11) is 1.06. The van der Waals surface area contributed by atoms with Gasteiger partial charge in [-0.15, -0.1) is 0 Å². The lowest BCUT2D eigenvalue weighted by Gasteiger charge is -2.32. The minimum absolute atomic E-state index is 0.0991. The van der Waals surface area contributed by atoms with E-state index >= 15 is 0 Å². The second-order valence-electron chi connectivity index (χ2n) is 7.30. The topological polar surface area (TPSA) is 60.5 Å². The number of amides is 1. The molecule has 0 spiro atoms. The van der Waals surface area contributed by atoms with Crippen LogP contribution in [0.3, 0.4) is 0 Å². The number of hydrogen-bond acceptors (Lipinski definition) is 4. The van der Waals surface area contributed by atoms with Crippen molar-refractivity contribution in [1.29, 1.82) is 0 Å². The number of rotatable bonds is 4. The summed E-state index contributed by atoms with van der Waals surface area (Å²) in [6.07, 6.45) is -5.11. The first-order valence-electron chi connectivity index (χ1n) is 9.09. The third-order valence-electron chi connectivity index (χ3n) is 5.56. The first-order valence-corrected chi connectivity index (χ1v) is 9.89. The minimum Gasteiger partial charge on any atom is -0.493 e. The monoisotopic (exact) mass is 508 g/mol. The zero-order valence-electron chi connectivity index (χ0n) is 16.6. The van der Waals surface area contributed by atoms with Crippen molar-refractivity contribution < 1.29 is 36.2 Å². The highest BCUT2D eigenvalue weighted by molar-refractivity contribution is 9.10. The van der Waals surface area contributed by atoms with Gasteiger partial charge < -0.3 is 14.8 Å². The zero-order valence-corrected chi connectivity index (χ0v) is 18.1. The Hall–Kier alpha value is -2.27. The summed E-state index contributed by atoms with van der Waals surface area (Å²) in [5, 5.41) is 2.49. The van der Waals surface area contributed by atoms with Gasteiger partial charge in [0.2, 0.25) is 5.82 Å². The third-order valence-corrected chi connectivity index (χ3v) is 6.00. The van der Waals surface area contributed by atoms with Crippen LogP contribution < -0.4 is 10.1 Å². The standard InChI is InChI=1S/C20H18BrF5N2O3/c1-9-14(11-4-5-12(22)15(23)16(11)30-3)17(31-19(9,2)20(24,25)26)18(29)28-10-6-7-27-13(21)8-10/h4-9,14,17H,1-3H3,(H,27,28,29)/t9-,14-,17+,19+/m1/s1. The number of alkyl halides is 3. The highest BCUT2D eigenvalue weighted by atomic mass is 79.9. The van der Waals surface area contributed by atoms with E-state index in [1.54, 1.807) is 0 Å². The van der Waals surface area contributed by atoms with Crippen LogP contribution >= 0.6 is 15.9 Å². The van der Waals surface area contributed by atoms with Crippen molar-refractivity contribution in [2.45, 2.75) is 37.6 Å². The maximum Gasteiger partial charge on any atom is 0.417 e. The number of nitrogens with one attached hydrogen (secondary N) is 1. The number of pyridine rings is 1. The molecule has 2 heterocycles. The zero-order chi connectivity index (χ0) is 23.1. The smallest absolute Gasteiger partial charge is 0.417 e. The summed E-state index contributed by atoms with van der Waals surface area (Å²) in [4.78, 5) is 16.9. The first-order chi connectivity index (χ1) is 14.4. The van der Waals surface area contributed by atoms with Gasteiger partial charge in [-0.1, -0.05) is 13.0 Å². The predicted octanol–water partition coefficient (Wildman–Crippen LogP) is 5.21. The number of hydrogen-bond donors (Lipinski definition) is 1. The molecule has 0 bridgehead atoms. The van der Waals surface area contributed by atoms with Gasteiger partial charge in [-0.3, -0.25) is 4.79 Å². The van der Waals surface area contributed by atoms with Crippen molar-refractivity contribution in [1.82, 2.24) is 4.98 Å². The van der Waals surface area contributed by atoms with Gasteiger partial charge >= 0.3 is 6.18 Å². The fraction of sp³-hybridized carbons (Fsp3) is 0.400. The number of anilines is 1. The molecule has 11 heteroatoms. The predicted molar refractivity (Wildman–Crippen MR) is 105 cm³/mol. The molecular weight excluding hydrogens is 491 g/mol. The Morgan fingerprint density at radius 1 is 1.29 bits per heavy atom. The molecule has 0 aliphatic carbocycles. The van der Waals surface area contributed by atoms with E-state index in [1.165, 1.54) is 25.3 Å². The number of carbonyl (C=O) groups is 1. The molecule has 3 rings (SSSR count). The fourth-order valence-electron chi connectivity index (χ4n) is 3.73. The summed E-state index contributed by atoms with van der Waals surface area (Å²) in [5.41, 5.74) is -2.55.